The van der Waals surface area contributed by atoms with Crippen molar-refractivity contribution in [3.63, 3.8) is 0 Å². The first-order valence-electron chi connectivity index (χ1n) is 8.61. The number of hydrogen-bond acceptors (Lipinski definition) is 6. The number of nitrogens with one attached hydrogen (secondary N) is 2. The maximum Gasteiger partial charge on any atom is 0.306 e. The molecule has 0 saturated carbocycles. The molecule has 0 heterocycles. The van der Waals surface area contributed by atoms with Crippen molar-refractivity contribution < 1.29 is 24.0 Å². The van der Waals surface area contributed by atoms with Crippen LogP contribution in [0.1, 0.15) is 18.4 Å². The number of nitrogens with zero attached hydrogens (tertiary/aromatic N) is 1. The molecule has 0 radical (unpaired) electrons. The van der Waals surface area contributed by atoms with E-state index in [1.54, 1.807) is 25.1 Å². The molecular formula is C19H17Cl2N3O6. The van der Waals surface area contributed by atoms with Gasteiger partial charge in [0, 0.05) is 23.7 Å². The fourth-order valence-corrected chi connectivity index (χ4v) is 2.68. The quantitative estimate of drug-likeness (QED) is 0.351. The predicted octanol–water partition coefficient (Wildman–Crippen LogP) is 4.11. The number of carbonyl (C=O) groups is 3. The van der Waals surface area contributed by atoms with Crippen LogP contribution in [0.3, 0.4) is 0 Å². The third-order valence-electron chi connectivity index (χ3n) is 3.84. The van der Waals surface area contributed by atoms with Gasteiger partial charge in [-0.05, 0) is 25.1 Å². The van der Waals surface area contributed by atoms with Crippen LogP contribution in [-0.2, 0) is 19.1 Å². The zero-order chi connectivity index (χ0) is 22.3. The summed E-state index contributed by atoms with van der Waals surface area (Å²) in [7, 11) is 0. The molecule has 0 fully saturated rings. The topological polar surface area (TPSA) is 128 Å². The van der Waals surface area contributed by atoms with Crippen LogP contribution in [0.4, 0.5) is 17.1 Å². The molecule has 0 spiro atoms. The molecule has 0 unspecified atom stereocenters. The van der Waals surface area contributed by atoms with Gasteiger partial charge in [0.1, 0.15) is 0 Å². The van der Waals surface area contributed by atoms with E-state index in [4.69, 9.17) is 27.9 Å². The van der Waals surface area contributed by atoms with Crippen LogP contribution in [0.25, 0.3) is 0 Å². The van der Waals surface area contributed by atoms with Gasteiger partial charge in [0.05, 0.1) is 27.1 Å². The highest BCUT2D eigenvalue weighted by atomic mass is 35.5. The Hall–Kier alpha value is -3.17. The van der Waals surface area contributed by atoms with E-state index in [2.05, 4.69) is 10.6 Å². The van der Waals surface area contributed by atoms with Crippen molar-refractivity contribution in [2.75, 3.05) is 17.2 Å². The minimum Gasteiger partial charge on any atom is -0.456 e. The second-order valence-corrected chi connectivity index (χ2v) is 6.90. The highest BCUT2D eigenvalue weighted by molar-refractivity contribution is 6.44. The smallest absolute Gasteiger partial charge is 0.306 e. The second-order valence-electron chi connectivity index (χ2n) is 6.12. The lowest BCUT2D eigenvalue weighted by Gasteiger charge is -2.09. The molecule has 0 saturated heterocycles. The standard InChI is InChI=1S/C19H17Cl2N3O6/c1-11-5-6-12(9-15(11)24(28)29)22-17(26)10-30-18(27)8-7-16(25)23-14-4-2-3-13(20)19(14)21/h2-6,9H,7-8,10H2,1H3,(H,22,26)(H,23,25). The Morgan fingerprint density at radius 2 is 1.80 bits per heavy atom. The monoisotopic (exact) mass is 453 g/mol. The largest absolute Gasteiger partial charge is 0.456 e. The van der Waals surface area contributed by atoms with Crippen molar-refractivity contribution in [3.8, 4) is 0 Å². The molecule has 2 aromatic rings. The van der Waals surface area contributed by atoms with E-state index in [1.165, 1.54) is 18.2 Å². The minimum atomic E-state index is -0.757. The fraction of sp³-hybridized carbons (Fsp3) is 0.211. The molecule has 0 atom stereocenters. The zero-order valence-electron chi connectivity index (χ0n) is 15.7. The summed E-state index contributed by atoms with van der Waals surface area (Å²) in [5.41, 5.74) is 0.817. The van der Waals surface area contributed by atoms with E-state index in [1.807, 2.05) is 0 Å². The molecular weight excluding hydrogens is 437 g/mol. The Balaban J connectivity index is 1.77. The molecule has 2 amide bonds. The molecule has 2 aromatic carbocycles. The van der Waals surface area contributed by atoms with E-state index < -0.39 is 29.3 Å². The summed E-state index contributed by atoms with van der Waals surface area (Å²) < 4.78 is 4.81. The summed E-state index contributed by atoms with van der Waals surface area (Å²) in [6.07, 6.45) is -0.444. The van der Waals surface area contributed by atoms with Gasteiger partial charge in [0.25, 0.3) is 11.6 Å². The van der Waals surface area contributed by atoms with Crippen molar-refractivity contribution in [1.29, 1.82) is 0 Å². The van der Waals surface area contributed by atoms with E-state index in [0.29, 0.717) is 11.3 Å². The summed E-state index contributed by atoms with van der Waals surface area (Å²) >= 11 is 11.8. The highest BCUT2D eigenvalue weighted by Gasteiger charge is 2.15. The maximum atomic E-state index is 11.9. The number of ether oxygens (including phenoxy) is 1. The number of esters is 1. The molecule has 0 aliphatic carbocycles. The summed E-state index contributed by atoms with van der Waals surface area (Å²) in [5, 5.41) is 16.3. The number of amides is 2. The van der Waals surface area contributed by atoms with Crippen LogP contribution < -0.4 is 10.6 Å². The van der Waals surface area contributed by atoms with Crippen molar-refractivity contribution >= 4 is 58.0 Å². The van der Waals surface area contributed by atoms with E-state index in [0.717, 1.165) is 0 Å². The van der Waals surface area contributed by atoms with Gasteiger partial charge in [-0.3, -0.25) is 24.5 Å². The Morgan fingerprint density at radius 3 is 2.50 bits per heavy atom. The molecule has 0 aromatic heterocycles. The summed E-state index contributed by atoms with van der Waals surface area (Å²) in [6, 6.07) is 8.93. The van der Waals surface area contributed by atoms with Crippen molar-refractivity contribution in [3.05, 3.63) is 62.1 Å². The number of benzene rings is 2. The fourth-order valence-electron chi connectivity index (χ4n) is 2.33. The maximum absolute atomic E-state index is 11.9. The Labute approximate surface area is 181 Å². The van der Waals surface area contributed by atoms with Gasteiger partial charge in [-0.1, -0.05) is 35.3 Å². The third-order valence-corrected chi connectivity index (χ3v) is 4.65. The summed E-state index contributed by atoms with van der Waals surface area (Å²) in [5.74, 6) is -1.91. The van der Waals surface area contributed by atoms with Gasteiger partial charge in [-0.25, -0.2) is 0 Å². The first-order chi connectivity index (χ1) is 14.2. The number of aryl methyl sites for hydroxylation is 1. The lowest BCUT2D eigenvalue weighted by Crippen LogP contribution is -2.22. The number of halogens is 2. The molecule has 0 bridgehead atoms. The lowest BCUT2D eigenvalue weighted by atomic mass is 10.2. The first-order valence-corrected chi connectivity index (χ1v) is 9.37. The third kappa shape index (κ3) is 6.71. The van der Waals surface area contributed by atoms with Crippen LogP contribution >= 0.6 is 23.2 Å². The Kier molecular flexibility index (Phi) is 8.14. The first kappa shape index (κ1) is 23.1. The van der Waals surface area contributed by atoms with Crippen LogP contribution in [0.5, 0.6) is 0 Å². The van der Waals surface area contributed by atoms with Crippen molar-refractivity contribution in [2.24, 2.45) is 0 Å². The Bertz CT molecular complexity index is 996. The van der Waals surface area contributed by atoms with Crippen LogP contribution in [0.2, 0.25) is 10.0 Å². The second kappa shape index (κ2) is 10.6. The molecule has 0 aliphatic heterocycles. The van der Waals surface area contributed by atoms with E-state index in [-0.39, 0.29) is 34.3 Å². The van der Waals surface area contributed by atoms with Gasteiger partial charge >= 0.3 is 5.97 Å². The number of rotatable bonds is 8. The zero-order valence-corrected chi connectivity index (χ0v) is 17.2. The molecule has 2 N–H and O–H groups in total. The molecule has 2 rings (SSSR count). The van der Waals surface area contributed by atoms with Gasteiger partial charge in [-0.15, -0.1) is 0 Å². The molecule has 158 valence electrons. The predicted molar refractivity (Wildman–Crippen MR) is 112 cm³/mol. The molecule has 0 aliphatic rings. The number of hydrogen-bond donors (Lipinski definition) is 2. The van der Waals surface area contributed by atoms with Crippen LogP contribution in [0.15, 0.2) is 36.4 Å². The van der Waals surface area contributed by atoms with Gasteiger partial charge < -0.3 is 15.4 Å². The van der Waals surface area contributed by atoms with Gasteiger partial charge in [-0.2, -0.15) is 0 Å². The summed E-state index contributed by atoms with van der Waals surface area (Å²) in [6.45, 7) is 0.976. The molecule has 30 heavy (non-hydrogen) atoms. The molecule has 11 heteroatoms. The summed E-state index contributed by atoms with van der Waals surface area (Å²) in [4.78, 5) is 45.9. The average Bonchev–Trinajstić information content (AvgIpc) is 2.69. The lowest BCUT2D eigenvalue weighted by molar-refractivity contribution is -0.385. The average molecular weight is 454 g/mol. The number of nitro groups is 1. The van der Waals surface area contributed by atoms with Gasteiger partial charge in [0.2, 0.25) is 5.91 Å². The van der Waals surface area contributed by atoms with Crippen LogP contribution in [0, 0.1) is 17.0 Å². The minimum absolute atomic E-state index is 0.143. The highest BCUT2D eigenvalue weighted by Crippen LogP contribution is 2.29. The molecule has 9 nitrogen and oxygen atoms in total. The normalized spacial score (nSPS) is 10.2. The van der Waals surface area contributed by atoms with E-state index in [9.17, 15) is 24.5 Å². The van der Waals surface area contributed by atoms with Crippen molar-refractivity contribution in [2.45, 2.75) is 19.8 Å². The van der Waals surface area contributed by atoms with Crippen molar-refractivity contribution in [1.82, 2.24) is 0 Å². The van der Waals surface area contributed by atoms with E-state index >= 15 is 0 Å². The van der Waals surface area contributed by atoms with Gasteiger partial charge in [0.15, 0.2) is 6.61 Å². The van der Waals surface area contributed by atoms with Crippen LogP contribution in [-0.4, -0.2) is 29.3 Å². The SMILES string of the molecule is Cc1ccc(NC(=O)COC(=O)CCC(=O)Nc2cccc(Cl)c2Cl)cc1[N+](=O)[O-]. The number of anilines is 2. The number of nitro benzene ring substituents is 1. The Morgan fingerprint density at radius 1 is 1.07 bits per heavy atom. The number of carbonyl (C=O) groups excluding carboxylic acids is 3.